The van der Waals surface area contributed by atoms with Crippen molar-refractivity contribution < 1.29 is 0 Å². The summed E-state index contributed by atoms with van der Waals surface area (Å²) in [7, 11) is 0. The summed E-state index contributed by atoms with van der Waals surface area (Å²) in [6, 6.07) is 0. The Labute approximate surface area is 131 Å². The molecule has 0 saturated heterocycles. The van der Waals surface area contributed by atoms with Crippen LogP contribution in [-0.4, -0.2) is 4.40 Å². The van der Waals surface area contributed by atoms with Crippen LogP contribution in [0.1, 0.15) is 43.0 Å². The molecular formula is C19H24N2O. The SMILES string of the molecule is C=Cc1c(NC(=C)C)n2c(=O)c(C)c(C)c(CC)c2/c1=C/C. The minimum atomic E-state index is 0.0182. The maximum absolute atomic E-state index is 12.9. The summed E-state index contributed by atoms with van der Waals surface area (Å²) in [6.07, 6.45) is 4.73. The van der Waals surface area contributed by atoms with Crippen molar-refractivity contribution in [1.82, 2.24) is 4.40 Å². The van der Waals surface area contributed by atoms with E-state index in [1.54, 1.807) is 10.5 Å². The second kappa shape index (κ2) is 5.84. The monoisotopic (exact) mass is 296 g/mol. The Balaban J connectivity index is 3.22. The second-order valence-electron chi connectivity index (χ2n) is 5.65. The van der Waals surface area contributed by atoms with Gasteiger partial charge in [0.05, 0.1) is 5.52 Å². The van der Waals surface area contributed by atoms with Crippen LogP contribution in [0.15, 0.2) is 23.6 Å². The molecule has 1 N–H and O–H groups in total. The predicted octanol–water partition coefficient (Wildman–Crippen LogP) is 3.59. The molecule has 2 aromatic heterocycles. The molecule has 0 amide bonds. The Hall–Kier alpha value is -2.29. The highest BCUT2D eigenvalue weighted by atomic mass is 16.1. The molecule has 0 aromatic carbocycles. The van der Waals surface area contributed by atoms with E-state index >= 15 is 0 Å². The lowest BCUT2D eigenvalue weighted by atomic mass is 10.0. The summed E-state index contributed by atoms with van der Waals surface area (Å²) >= 11 is 0. The fourth-order valence-electron chi connectivity index (χ4n) is 3.10. The number of fused-ring (bicyclic) bond motifs is 1. The van der Waals surface area contributed by atoms with E-state index in [4.69, 9.17) is 0 Å². The molecular weight excluding hydrogens is 272 g/mol. The first-order chi connectivity index (χ1) is 10.4. The highest BCUT2D eigenvalue weighted by Gasteiger charge is 2.19. The predicted molar refractivity (Wildman–Crippen MR) is 96.4 cm³/mol. The van der Waals surface area contributed by atoms with Gasteiger partial charge in [-0.2, -0.15) is 0 Å². The minimum absolute atomic E-state index is 0.0182. The number of nitrogens with one attached hydrogen (secondary N) is 1. The van der Waals surface area contributed by atoms with Crippen LogP contribution in [0.5, 0.6) is 0 Å². The Bertz CT molecular complexity index is 885. The molecule has 22 heavy (non-hydrogen) atoms. The average molecular weight is 296 g/mol. The average Bonchev–Trinajstić information content (AvgIpc) is 2.78. The van der Waals surface area contributed by atoms with Crippen molar-refractivity contribution in [3.8, 4) is 0 Å². The van der Waals surface area contributed by atoms with Gasteiger partial charge in [-0.05, 0) is 45.2 Å². The van der Waals surface area contributed by atoms with Crippen molar-refractivity contribution in [3.63, 3.8) is 0 Å². The lowest BCUT2D eigenvalue weighted by Gasteiger charge is -2.12. The van der Waals surface area contributed by atoms with Gasteiger partial charge < -0.3 is 5.32 Å². The fourth-order valence-corrected chi connectivity index (χ4v) is 3.10. The van der Waals surface area contributed by atoms with Gasteiger partial charge in [-0.25, -0.2) is 0 Å². The molecule has 3 heteroatoms. The number of hydrogen-bond acceptors (Lipinski definition) is 2. The van der Waals surface area contributed by atoms with Gasteiger partial charge in [-0.1, -0.05) is 32.2 Å². The highest BCUT2D eigenvalue weighted by molar-refractivity contribution is 5.79. The number of aromatic nitrogens is 1. The maximum Gasteiger partial charge on any atom is 0.259 e. The zero-order chi connectivity index (χ0) is 16.6. The number of pyridine rings is 1. The summed E-state index contributed by atoms with van der Waals surface area (Å²) in [5.41, 5.74) is 5.83. The smallest absolute Gasteiger partial charge is 0.259 e. The molecule has 2 aromatic rings. The van der Waals surface area contributed by atoms with Gasteiger partial charge >= 0.3 is 0 Å². The molecule has 0 saturated carbocycles. The van der Waals surface area contributed by atoms with Crippen molar-refractivity contribution in [2.45, 2.75) is 41.0 Å². The summed E-state index contributed by atoms with van der Waals surface area (Å²) in [6.45, 7) is 17.8. The van der Waals surface area contributed by atoms with Gasteiger partial charge in [0.25, 0.3) is 5.56 Å². The quantitative estimate of drug-likeness (QED) is 0.935. The minimum Gasteiger partial charge on any atom is -0.345 e. The third kappa shape index (κ3) is 2.17. The Morgan fingerprint density at radius 2 is 1.95 bits per heavy atom. The van der Waals surface area contributed by atoms with Crippen molar-refractivity contribution >= 4 is 23.5 Å². The van der Waals surface area contributed by atoms with Crippen LogP contribution in [0.25, 0.3) is 17.7 Å². The van der Waals surface area contributed by atoms with Gasteiger partial charge in [0.1, 0.15) is 5.82 Å². The largest absolute Gasteiger partial charge is 0.345 e. The van der Waals surface area contributed by atoms with Crippen LogP contribution in [-0.2, 0) is 6.42 Å². The van der Waals surface area contributed by atoms with Gasteiger partial charge in [0.2, 0.25) is 0 Å². The first-order valence-corrected chi connectivity index (χ1v) is 7.60. The lowest BCUT2D eigenvalue weighted by molar-refractivity contribution is 1.01. The molecule has 116 valence electrons. The van der Waals surface area contributed by atoms with Crippen molar-refractivity contribution in [1.29, 1.82) is 0 Å². The second-order valence-corrected chi connectivity index (χ2v) is 5.65. The highest BCUT2D eigenvalue weighted by Crippen LogP contribution is 2.24. The van der Waals surface area contributed by atoms with E-state index < -0.39 is 0 Å². The molecule has 2 heterocycles. The first kappa shape index (κ1) is 16.1. The van der Waals surface area contributed by atoms with E-state index in [1.807, 2.05) is 33.8 Å². The zero-order valence-electron chi connectivity index (χ0n) is 14.1. The van der Waals surface area contributed by atoms with Crippen LogP contribution in [0.4, 0.5) is 5.82 Å². The molecule has 3 nitrogen and oxygen atoms in total. The van der Waals surface area contributed by atoms with E-state index in [9.17, 15) is 4.79 Å². The first-order valence-electron chi connectivity index (χ1n) is 7.60. The van der Waals surface area contributed by atoms with Crippen LogP contribution in [0, 0.1) is 13.8 Å². The number of hydrogen-bond donors (Lipinski definition) is 1. The van der Waals surface area contributed by atoms with Gasteiger partial charge in [0.15, 0.2) is 0 Å². The molecule has 0 atom stereocenters. The molecule has 0 bridgehead atoms. The van der Waals surface area contributed by atoms with Crippen molar-refractivity contribution in [2.75, 3.05) is 5.32 Å². The normalized spacial score (nSPS) is 12.0. The molecule has 0 aliphatic carbocycles. The van der Waals surface area contributed by atoms with E-state index in [-0.39, 0.29) is 5.56 Å². The maximum atomic E-state index is 12.9. The van der Waals surface area contributed by atoms with Crippen LogP contribution in [0.2, 0.25) is 0 Å². The van der Waals surface area contributed by atoms with E-state index in [2.05, 4.69) is 25.4 Å². The zero-order valence-corrected chi connectivity index (χ0v) is 14.1. The summed E-state index contributed by atoms with van der Waals surface area (Å²) in [4.78, 5) is 12.9. The molecule has 0 radical (unpaired) electrons. The molecule has 0 aliphatic heterocycles. The number of allylic oxidation sites excluding steroid dienone is 1. The molecule has 2 rings (SSSR count). The number of anilines is 1. The van der Waals surface area contributed by atoms with E-state index in [0.29, 0.717) is 0 Å². The number of aryl methyl sites for hydroxylation is 1. The van der Waals surface area contributed by atoms with Gasteiger partial charge in [-0.15, -0.1) is 0 Å². The van der Waals surface area contributed by atoms with E-state index in [0.717, 1.165) is 45.4 Å². The van der Waals surface area contributed by atoms with E-state index in [1.165, 1.54) is 5.56 Å². The van der Waals surface area contributed by atoms with Crippen LogP contribution < -0.4 is 16.1 Å². The Kier molecular flexibility index (Phi) is 4.27. The number of rotatable bonds is 4. The van der Waals surface area contributed by atoms with Crippen molar-refractivity contribution in [2.24, 2.45) is 0 Å². The third-order valence-electron chi connectivity index (χ3n) is 4.25. The van der Waals surface area contributed by atoms with Crippen molar-refractivity contribution in [3.05, 3.63) is 56.7 Å². The standard InChI is InChI=1S/C19H24N2O/c1-8-14-12(6)13(7)19(22)21-17(14)15(9-2)16(10-3)18(21)20-11(4)5/h9-10,20H,3-4,8H2,1-2,5-7H3/b15-9+. The fraction of sp³-hybridized carbons (Fsp3) is 0.316. The van der Waals surface area contributed by atoms with Gasteiger partial charge in [0, 0.05) is 22.0 Å². The third-order valence-corrected chi connectivity index (χ3v) is 4.25. The molecule has 0 aliphatic rings. The number of nitrogens with zero attached hydrogens (tertiary/aromatic N) is 1. The Morgan fingerprint density at radius 3 is 2.41 bits per heavy atom. The Morgan fingerprint density at radius 1 is 1.32 bits per heavy atom. The van der Waals surface area contributed by atoms with Gasteiger partial charge in [-0.3, -0.25) is 9.20 Å². The molecule has 0 spiro atoms. The summed E-state index contributed by atoms with van der Waals surface area (Å²) < 4.78 is 1.78. The van der Waals surface area contributed by atoms with Crippen LogP contribution >= 0.6 is 0 Å². The molecule has 0 unspecified atom stereocenters. The van der Waals surface area contributed by atoms with Crippen LogP contribution in [0.3, 0.4) is 0 Å². The lowest BCUT2D eigenvalue weighted by Crippen LogP contribution is -2.21. The summed E-state index contributed by atoms with van der Waals surface area (Å²) in [5.74, 6) is 0.758. The summed E-state index contributed by atoms with van der Waals surface area (Å²) in [5, 5.41) is 4.29. The molecule has 0 fully saturated rings. The topological polar surface area (TPSA) is 33.5 Å².